The Hall–Kier alpha value is 1.58. The molecular formula is C12H16K2N2O3S. The number of aromatic carboxylic acids is 1. The Kier molecular flexibility index (Phi) is 9.73. The molecule has 0 saturated heterocycles. The van der Waals surface area contributed by atoms with E-state index in [2.05, 4.69) is 23.8 Å². The monoisotopic (exact) mass is 346 g/mol. The van der Waals surface area contributed by atoms with Gasteiger partial charge in [-0.3, -0.25) is 4.79 Å². The predicted octanol–water partition coefficient (Wildman–Crippen LogP) is -3.58. The Morgan fingerprint density at radius 1 is 1.45 bits per heavy atom. The van der Waals surface area contributed by atoms with Crippen molar-refractivity contribution in [2.75, 3.05) is 0 Å². The van der Waals surface area contributed by atoms with Gasteiger partial charge in [0.1, 0.15) is 4.83 Å². The van der Waals surface area contributed by atoms with E-state index in [1.165, 1.54) is 11.3 Å². The first-order chi connectivity index (χ1) is 8.40. The van der Waals surface area contributed by atoms with E-state index in [-0.39, 0.29) is 117 Å². The van der Waals surface area contributed by atoms with Crippen molar-refractivity contribution in [3.8, 4) is 0 Å². The molecule has 0 aliphatic heterocycles. The summed E-state index contributed by atoms with van der Waals surface area (Å²) in [5.41, 5.74) is 0.538. The number of hydrogen-bond acceptors (Lipinski definition) is 4. The van der Waals surface area contributed by atoms with Crippen LogP contribution >= 0.6 is 11.3 Å². The molecule has 2 heterocycles. The number of thiophene rings is 1. The van der Waals surface area contributed by atoms with E-state index in [1.807, 2.05) is 6.92 Å². The molecule has 8 heteroatoms. The third-order valence-corrected chi connectivity index (χ3v) is 3.90. The number of nitrogens with zero attached hydrogens (tertiary/aromatic N) is 1. The number of carboxylic acid groups (broad SMARTS) is 1. The average Bonchev–Trinajstić information content (AvgIpc) is 2.55. The minimum absolute atomic E-state index is 0. The van der Waals surface area contributed by atoms with Gasteiger partial charge in [0.25, 0.3) is 5.56 Å². The van der Waals surface area contributed by atoms with Crippen molar-refractivity contribution in [1.29, 1.82) is 0 Å². The molecule has 2 aromatic heterocycles. The van der Waals surface area contributed by atoms with Crippen molar-refractivity contribution in [2.24, 2.45) is 5.92 Å². The molecule has 0 fully saturated rings. The average molecular weight is 347 g/mol. The number of carboxylic acids is 1. The van der Waals surface area contributed by atoms with Crippen LogP contribution in [0, 0.1) is 12.8 Å². The van der Waals surface area contributed by atoms with Gasteiger partial charge in [0.2, 0.25) is 5.82 Å². The number of hydrogen-bond donors (Lipinski definition) is 2. The van der Waals surface area contributed by atoms with E-state index in [9.17, 15) is 9.59 Å². The molecule has 0 aliphatic rings. The molecule has 0 atom stereocenters. The maximum absolute atomic E-state index is 11.9. The molecule has 0 amide bonds. The maximum Gasteiger partial charge on any atom is 1.00 e. The smallest absolute Gasteiger partial charge is 1.00 e. The standard InChI is InChI=1S/C12H14N2O3S.2K.2H/c1-5(2)4-7-6(3)8-10(15)13-9(12(16)17)14-11(8)18-7;;;;/h5H,4H2,1-3H3,(H,16,17)(H,13,14,15);;;;/q;2*+1;2*-1. The zero-order valence-electron chi connectivity index (χ0n) is 14.4. The van der Waals surface area contributed by atoms with Gasteiger partial charge in [-0.2, -0.15) is 0 Å². The number of fused-ring (bicyclic) bond motifs is 1. The Bertz CT molecular complexity index is 689. The molecule has 0 saturated carbocycles. The number of H-pyrrole nitrogens is 1. The second-order valence-electron chi connectivity index (χ2n) is 4.65. The fourth-order valence-corrected chi connectivity index (χ4v) is 3.25. The maximum atomic E-state index is 11.9. The van der Waals surface area contributed by atoms with Crippen LogP contribution in [-0.2, 0) is 6.42 Å². The summed E-state index contributed by atoms with van der Waals surface area (Å²) >= 11 is 1.40. The van der Waals surface area contributed by atoms with Crippen molar-refractivity contribution >= 4 is 27.5 Å². The van der Waals surface area contributed by atoms with Crippen LogP contribution in [0.2, 0.25) is 0 Å². The van der Waals surface area contributed by atoms with Gasteiger partial charge >= 0.3 is 109 Å². The Morgan fingerprint density at radius 3 is 2.55 bits per heavy atom. The summed E-state index contributed by atoms with van der Waals surface area (Å²) in [6.45, 7) is 6.09. The molecule has 0 aliphatic carbocycles. The molecule has 2 N–H and O–H groups in total. The van der Waals surface area contributed by atoms with Gasteiger partial charge in [0.15, 0.2) is 0 Å². The van der Waals surface area contributed by atoms with Crippen LogP contribution in [0.4, 0.5) is 0 Å². The van der Waals surface area contributed by atoms with Gasteiger partial charge in [-0.25, -0.2) is 9.78 Å². The molecule has 0 aromatic carbocycles. The third-order valence-electron chi connectivity index (χ3n) is 2.70. The van der Waals surface area contributed by atoms with E-state index in [1.54, 1.807) is 0 Å². The summed E-state index contributed by atoms with van der Waals surface area (Å²) in [5, 5.41) is 9.38. The largest absolute Gasteiger partial charge is 1.00 e. The molecule has 0 bridgehead atoms. The van der Waals surface area contributed by atoms with Crippen LogP contribution in [0.15, 0.2) is 4.79 Å². The van der Waals surface area contributed by atoms with Crippen molar-refractivity contribution in [1.82, 2.24) is 9.97 Å². The fourth-order valence-electron chi connectivity index (χ4n) is 1.86. The van der Waals surface area contributed by atoms with Crippen molar-refractivity contribution in [2.45, 2.75) is 27.2 Å². The quantitative estimate of drug-likeness (QED) is 0.563. The SMILES string of the molecule is Cc1c(CC(C)C)sc2nc(C(=O)O)[nH]c(=O)c12.[H-].[H-].[K+].[K+]. The zero-order chi connectivity index (χ0) is 13.4. The van der Waals surface area contributed by atoms with E-state index < -0.39 is 5.97 Å². The van der Waals surface area contributed by atoms with Gasteiger partial charge in [0.05, 0.1) is 5.39 Å². The van der Waals surface area contributed by atoms with Gasteiger partial charge in [0, 0.05) is 4.88 Å². The van der Waals surface area contributed by atoms with Crippen LogP contribution in [0.5, 0.6) is 0 Å². The molecule has 100 valence electrons. The van der Waals surface area contributed by atoms with Crippen molar-refractivity contribution < 1.29 is 116 Å². The summed E-state index contributed by atoms with van der Waals surface area (Å²) < 4.78 is 0. The van der Waals surface area contributed by atoms with Crippen molar-refractivity contribution in [3.05, 3.63) is 26.6 Å². The fraction of sp³-hybridized carbons (Fsp3) is 0.417. The second-order valence-corrected chi connectivity index (χ2v) is 5.73. The van der Waals surface area contributed by atoms with E-state index in [4.69, 9.17) is 5.11 Å². The van der Waals surface area contributed by atoms with Crippen LogP contribution < -0.4 is 108 Å². The summed E-state index contributed by atoms with van der Waals surface area (Å²) in [6, 6.07) is 0. The molecule has 2 aromatic rings. The topological polar surface area (TPSA) is 83.0 Å². The zero-order valence-corrected chi connectivity index (χ0v) is 19.5. The van der Waals surface area contributed by atoms with E-state index >= 15 is 0 Å². The minimum Gasteiger partial charge on any atom is -1.00 e. The molecule has 2 rings (SSSR count). The Balaban J connectivity index is -0.000000902. The number of rotatable bonds is 3. The Morgan fingerprint density at radius 2 is 2.05 bits per heavy atom. The first kappa shape index (κ1) is 21.6. The Labute approximate surface area is 208 Å². The van der Waals surface area contributed by atoms with Gasteiger partial charge < -0.3 is 12.9 Å². The van der Waals surface area contributed by atoms with E-state index in [0.29, 0.717) is 16.1 Å². The molecule has 0 radical (unpaired) electrons. The van der Waals surface area contributed by atoms with Crippen LogP contribution in [0.3, 0.4) is 0 Å². The minimum atomic E-state index is -1.22. The van der Waals surface area contributed by atoms with Crippen LogP contribution in [0.1, 0.15) is 37.8 Å². The number of aromatic amines is 1. The number of aryl methyl sites for hydroxylation is 1. The molecule has 5 nitrogen and oxygen atoms in total. The molecular weight excluding hydrogens is 330 g/mol. The number of carbonyl (C=O) groups is 1. The molecule has 0 unspecified atom stereocenters. The predicted molar refractivity (Wildman–Crippen MR) is 72.7 cm³/mol. The first-order valence-electron chi connectivity index (χ1n) is 5.65. The summed E-state index contributed by atoms with van der Waals surface area (Å²) in [5.74, 6) is -1.04. The summed E-state index contributed by atoms with van der Waals surface area (Å²) in [6.07, 6.45) is 0.870. The second kappa shape index (κ2) is 9.02. The number of aromatic nitrogens is 2. The normalized spacial score (nSPS) is 10.2. The van der Waals surface area contributed by atoms with Gasteiger partial charge in [-0.15, -0.1) is 11.3 Å². The molecule has 0 spiro atoms. The van der Waals surface area contributed by atoms with Gasteiger partial charge in [-0.05, 0) is 24.8 Å². The van der Waals surface area contributed by atoms with Crippen LogP contribution in [0.25, 0.3) is 10.2 Å². The summed E-state index contributed by atoms with van der Waals surface area (Å²) in [4.78, 5) is 30.6. The van der Waals surface area contributed by atoms with Gasteiger partial charge in [-0.1, -0.05) is 13.8 Å². The van der Waals surface area contributed by atoms with Crippen LogP contribution in [-0.4, -0.2) is 21.0 Å². The summed E-state index contributed by atoms with van der Waals surface area (Å²) in [7, 11) is 0. The first-order valence-corrected chi connectivity index (χ1v) is 6.47. The molecule has 20 heavy (non-hydrogen) atoms. The van der Waals surface area contributed by atoms with E-state index in [0.717, 1.165) is 16.9 Å². The third kappa shape index (κ3) is 4.79. The number of nitrogens with one attached hydrogen (secondary N) is 1. The van der Waals surface area contributed by atoms with Crippen molar-refractivity contribution in [3.63, 3.8) is 0 Å².